The molecule has 0 aromatic heterocycles. The first-order chi connectivity index (χ1) is 7.56. The van der Waals surface area contributed by atoms with Crippen molar-refractivity contribution < 1.29 is 4.79 Å². The van der Waals surface area contributed by atoms with Gasteiger partial charge in [0, 0.05) is 6.54 Å². The number of allylic oxidation sites excluding steroid dienone is 1. The summed E-state index contributed by atoms with van der Waals surface area (Å²) in [5.41, 5.74) is 1.09. The Morgan fingerprint density at radius 1 is 1.62 bits per heavy atom. The molecular weight excluding hydrogens is 240 g/mol. The fraction of sp³-hybridized carbons (Fsp3) is 0.364. The summed E-state index contributed by atoms with van der Waals surface area (Å²) in [5.74, 6) is -0.187. The number of carbonyl (C=O) groups is 1. The highest BCUT2D eigenvalue weighted by Gasteiger charge is 2.40. The molecule has 0 N–H and O–H groups in total. The van der Waals surface area contributed by atoms with E-state index in [1.165, 1.54) is 4.90 Å². The van der Waals surface area contributed by atoms with Crippen LogP contribution in [0.5, 0.6) is 0 Å². The summed E-state index contributed by atoms with van der Waals surface area (Å²) in [6.07, 6.45) is 1.67. The smallest absolute Gasteiger partial charge is 0.242 e. The van der Waals surface area contributed by atoms with Crippen LogP contribution in [0.2, 0.25) is 0 Å². The van der Waals surface area contributed by atoms with Crippen LogP contribution in [0, 0.1) is 5.92 Å². The Balaban J connectivity index is 2.40. The molecule has 1 unspecified atom stereocenters. The second-order valence-corrected chi connectivity index (χ2v) is 5.34. The average Bonchev–Trinajstić information content (AvgIpc) is 2.49. The van der Waals surface area contributed by atoms with Gasteiger partial charge in [0.05, 0.1) is 5.04 Å². The van der Waals surface area contributed by atoms with E-state index in [2.05, 4.69) is 11.6 Å². The molecule has 0 spiro atoms. The standard InChI is InChI=1S/C11H12N2OS2/c1-4-5-13-10(14)8-6(2)7(3)16-9(8)12-11(13)15/h4,8H,1,5H2,2-3H3. The molecule has 1 atom stereocenters. The number of hydrogen-bond acceptors (Lipinski definition) is 3. The molecule has 0 bridgehead atoms. The van der Waals surface area contributed by atoms with Crippen LogP contribution < -0.4 is 0 Å². The fourth-order valence-electron chi connectivity index (χ4n) is 1.76. The van der Waals surface area contributed by atoms with Crippen LogP contribution in [-0.4, -0.2) is 27.5 Å². The molecule has 0 aliphatic carbocycles. The van der Waals surface area contributed by atoms with Crippen molar-refractivity contribution in [1.82, 2.24) is 4.90 Å². The van der Waals surface area contributed by atoms with Crippen LogP contribution in [0.15, 0.2) is 28.1 Å². The van der Waals surface area contributed by atoms with Crippen LogP contribution in [0.4, 0.5) is 0 Å². The number of rotatable bonds is 2. The van der Waals surface area contributed by atoms with Gasteiger partial charge in [-0.1, -0.05) is 17.8 Å². The second-order valence-electron chi connectivity index (χ2n) is 3.74. The summed E-state index contributed by atoms with van der Waals surface area (Å²) < 4.78 is 0. The van der Waals surface area contributed by atoms with E-state index in [4.69, 9.17) is 12.2 Å². The third kappa shape index (κ3) is 1.64. The monoisotopic (exact) mass is 252 g/mol. The first-order valence-corrected chi connectivity index (χ1v) is 6.18. The van der Waals surface area contributed by atoms with Gasteiger partial charge in [0.25, 0.3) is 0 Å². The number of nitrogens with zero attached hydrogens (tertiary/aromatic N) is 2. The summed E-state index contributed by atoms with van der Waals surface area (Å²) in [6.45, 7) is 8.05. The highest BCUT2D eigenvalue weighted by atomic mass is 32.2. The molecule has 0 aromatic carbocycles. The van der Waals surface area contributed by atoms with E-state index in [-0.39, 0.29) is 11.8 Å². The van der Waals surface area contributed by atoms with Crippen molar-refractivity contribution in [1.29, 1.82) is 0 Å². The first-order valence-electron chi connectivity index (χ1n) is 4.96. The minimum absolute atomic E-state index is 0.0248. The summed E-state index contributed by atoms with van der Waals surface area (Å²) in [5, 5.41) is 1.18. The molecule has 0 saturated carbocycles. The molecule has 0 radical (unpaired) electrons. The van der Waals surface area contributed by atoms with Crippen LogP contribution in [0.1, 0.15) is 13.8 Å². The maximum atomic E-state index is 12.2. The molecule has 3 nitrogen and oxygen atoms in total. The Kier molecular flexibility index (Phi) is 2.99. The van der Waals surface area contributed by atoms with Crippen molar-refractivity contribution >= 4 is 40.0 Å². The van der Waals surface area contributed by atoms with Gasteiger partial charge in [-0.2, -0.15) is 0 Å². The minimum Gasteiger partial charge on any atom is -0.283 e. The molecule has 5 heteroatoms. The summed E-state index contributed by atoms with van der Waals surface area (Å²) in [7, 11) is 0. The lowest BCUT2D eigenvalue weighted by Gasteiger charge is -2.27. The van der Waals surface area contributed by atoms with E-state index >= 15 is 0 Å². The first kappa shape index (κ1) is 11.5. The Morgan fingerprint density at radius 3 is 2.94 bits per heavy atom. The van der Waals surface area contributed by atoms with Gasteiger partial charge in [0.1, 0.15) is 5.92 Å². The highest BCUT2D eigenvalue weighted by Crippen LogP contribution is 2.40. The summed E-state index contributed by atoms with van der Waals surface area (Å²) in [4.78, 5) is 19.2. The van der Waals surface area contributed by atoms with E-state index in [9.17, 15) is 4.79 Å². The van der Waals surface area contributed by atoms with Crippen molar-refractivity contribution in [2.24, 2.45) is 10.9 Å². The van der Waals surface area contributed by atoms with E-state index in [1.807, 2.05) is 13.8 Å². The molecule has 0 aromatic rings. The SMILES string of the molecule is C=CCN1C(=O)C2C(=NC1=S)SC(C)=C2C. The zero-order valence-electron chi connectivity index (χ0n) is 9.19. The maximum absolute atomic E-state index is 12.2. The van der Waals surface area contributed by atoms with E-state index in [0.717, 1.165) is 15.5 Å². The Hall–Kier alpha value is -0.940. The van der Waals surface area contributed by atoms with Crippen molar-refractivity contribution in [3.05, 3.63) is 23.1 Å². The molecule has 2 heterocycles. The molecule has 0 fully saturated rings. The van der Waals surface area contributed by atoms with Gasteiger partial charge < -0.3 is 0 Å². The van der Waals surface area contributed by atoms with Gasteiger partial charge in [-0.3, -0.25) is 9.69 Å². The Morgan fingerprint density at radius 2 is 2.31 bits per heavy atom. The molecule has 2 aliphatic heterocycles. The molecule has 2 rings (SSSR count). The lowest BCUT2D eigenvalue weighted by Crippen LogP contribution is -2.45. The lowest BCUT2D eigenvalue weighted by atomic mass is 9.99. The normalized spacial score (nSPS) is 24.8. The number of amides is 1. The van der Waals surface area contributed by atoms with Crippen molar-refractivity contribution in [3.8, 4) is 0 Å². The van der Waals surface area contributed by atoms with Crippen LogP contribution in [0.3, 0.4) is 0 Å². The highest BCUT2D eigenvalue weighted by molar-refractivity contribution is 8.17. The van der Waals surface area contributed by atoms with Gasteiger partial charge in [-0.05, 0) is 36.5 Å². The number of aliphatic imine (C=N–C) groups is 1. The van der Waals surface area contributed by atoms with E-state index < -0.39 is 0 Å². The number of fused-ring (bicyclic) bond motifs is 1. The molecule has 84 valence electrons. The molecule has 1 amide bonds. The summed E-state index contributed by atoms with van der Waals surface area (Å²) >= 11 is 6.66. The largest absolute Gasteiger partial charge is 0.283 e. The number of hydrogen-bond donors (Lipinski definition) is 0. The number of thiocarbonyl (C=S) groups is 1. The van der Waals surface area contributed by atoms with Crippen LogP contribution in [-0.2, 0) is 4.79 Å². The summed E-state index contributed by atoms with van der Waals surface area (Å²) in [6, 6.07) is 0. The maximum Gasteiger partial charge on any atom is 0.242 e. The third-order valence-corrected chi connectivity index (χ3v) is 4.23. The zero-order chi connectivity index (χ0) is 11.9. The van der Waals surface area contributed by atoms with Crippen molar-refractivity contribution in [2.45, 2.75) is 13.8 Å². The Bertz CT molecular complexity index is 451. The van der Waals surface area contributed by atoms with Gasteiger partial charge in [-0.25, -0.2) is 4.99 Å². The second kappa shape index (κ2) is 4.14. The van der Waals surface area contributed by atoms with Crippen LogP contribution in [0.25, 0.3) is 0 Å². The molecule has 16 heavy (non-hydrogen) atoms. The van der Waals surface area contributed by atoms with Gasteiger partial charge in [0.2, 0.25) is 11.0 Å². The fourth-order valence-corrected chi connectivity index (χ4v) is 3.21. The van der Waals surface area contributed by atoms with E-state index in [1.54, 1.807) is 17.8 Å². The van der Waals surface area contributed by atoms with Gasteiger partial charge in [0.15, 0.2) is 0 Å². The topological polar surface area (TPSA) is 32.7 Å². The van der Waals surface area contributed by atoms with Crippen LogP contribution >= 0.6 is 24.0 Å². The quantitative estimate of drug-likeness (QED) is 0.558. The Labute approximate surface area is 104 Å². The van der Waals surface area contributed by atoms with Crippen molar-refractivity contribution in [3.63, 3.8) is 0 Å². The molecule has 2 aliphatic rings. The van der Waals surface area contributed by atoms with Gasteiger partial charge >= 0.3 is 0 Å². The van der Waals surface area contributed by atoms with Gasteiger partial charge in [-0.15, -0.1) is 6.58 Å². The molecule has 0 saturated heterocycles. The number of thioether (sulfide) groups is 1. The molecular formula is C11H12N2OS2. The predicted molar refractivity (Wildman–Crippen MR) is 71.4 cm³/mol. The number of carbonyl (C=O) groups excluding carboxylic acids is 1. The lowest BCUT2D eigenvalue weighted by molar-refractivity contribution is -0.128. The van der Waals surface area contributed by atoms with E-state index in [0.29, 0.717) is 11.7 Å². The third-order valence-electron chi connectivity index (χ3n) is 2.75. The van der Waals surface area contributed by atoms with Crippen molar-refractivity contribution in [2.75, 3.05) is 6.54 Å². The minimum atomic E-state index is -0.211. The zero-order valence-corrected chi connectivity index (χ0v) is 10.8. The average molecular weight is 252 g/mol. The predicted octanol–water partition coefficient (Wildman–Crippen LogP) is 2.35.